The van der Waals surface area contributed by atoms with Gasteiger partial charge in [-0.2, -0.15) is 5.10 Å². The second-order valence-corrected chi connectivity index (χ2v) is 6.31. The number of halogens is 1. The topological polar surface area (TPSA) is 46.9 Å². The molecule has 4 nitrogen and oxygen atoms in total. The Kier molecular flexibility index (Phi) is 4.88. The zero-order valence-electron chi connectivity index (χ0n) is 11.6. The van der Waals surface area contributed by atoms with Crippen LogP contribution in [0.3, 0.4) is 0 Å². The van der Waals surface area contributed by atoms with Gasteiger partial charge in [0.25, 0.3) is 0 Å². The minimum absolute atomic E-state index is 0.0558. The van der Waals surface area contributed by atoms with Crippen LogP contribution in [0.4, 0.5) is 5.69 Å². The maximum absolute atomic E-state index is 11.0. The quantitative estimate of drug-likeness (QED) is 0.851. The first-order valence-electron chi connectivity index (χ1n) is 6.16. The van der Waals surface area contributed by atoms with E-state index in [1.54, 1.807) is 11.8 Å². The monoisotopic (exact) mass is 353 g/mol. The predicted octanol–water partition coefficient (Wildman–Crippen LogP) is 3.74. The zero-order valence-corrected chi connectivity index (χ0v) is 14.0. The van der Waals surface area contributed by atoms with Crippen LogP contribution >= 0.6 is 27.7 Å². The number of benzene rings is 1. The van der Waals surface area contributed by atoms with Crippen LogP contribution in [0.2, 0.25) is 0 Å². The third-order valence-electron chi connectivity index (χ3n) is 2.81. The normalized spacial score (nSPS) is 10.6. The van der Waals surface area contributed by atoms with E-state index in [1.807, 2.05) is 42.9 Å². The molecule has 1 heterocycles. The number of nitrogens with one attached hydrogen (secondary N) is 1. The average molecular weight is 354 g/mol. The molecule has 0 unspecified atom stereocenters. The lowest BCUT2D eigenvalue weighted by Crippen LogP contribution is -2.05. The first-order chi connectivity index (χ1) is 9.47. The average Bonchev–Trinajstić information content (AvgIpc) is 2.62. The molecule has 106 valence electrons. The van der Waals surface area contributed by atoms with E-state index in [0.29, 0.717) is 0 Å². The number of nitrogens with zero attached hydrogens (tertiary/aromatic N) is 2. The summed E-state index contributed by atoms with van der Waals surface area (Å²) in [6.45, 7) is 3.49. The van der Waals surface area contributed by atoms with Crippen molar-refractivity contribution in [2.24, 2.45) is 7.05 Å². The largest absolute Gasteiger partial charge is 0.326 e. The second-order valence-electron chi connectivity index (χ2n) is 4.46. The summed E-state index contributed by atoms with van der Waals surface area (Å²) in [7, 11) is 1.95. The smallest absolute Gasteiger partial charge is 0.221 e. The number of aryl methyl sites for hydroxylation is 2. The van der Waals surface area contributed by atoms with Gasteiger partial charge in [0.05, 0.1) is 15.9 Å². The molecule has 0 aliphatic rings. The molecule has 0 radical (unpaired) electrons. The molecule has 20 heavy (non-hydrogen) atoms. The number of amides is 1. The molecule has 0 saturated heterocycles. The molecular formula is C14H16BrN3OS. The Hall–Kier alpha value is -1.27. The van der Waals surface area contributed by atoms with Gasteiger partial charge in [0.1, 0.15) is 0 Å². The van der Waals surface area contributed by atoms with Gasteiger partial charge < -0.3 is 5.32 Å². The lowest BCUT2D eigenvalue weighted by atomic mass is 10.3. The lowest BCUT2D eigenvalue weighted by Gasteiger charge is -2.05. The lowest BCUT2D eigenvalue weighted by molar-refractivity contribution is -0.114. The molecule has 1 amide bonds. The van der Waals surface area contributed by atoms with Crippen molar-refractivity contribution in [2.45, 2.75) is 24.5 Å². The van der Waals surface area contributed by atoms with E-state index in [4.69, 9.17) is 0 Å². The van der Waals surface area contributed by atoms with Crippen LogP contribution in [-0.2, 0) is 17.6 Å². The van der Waals surface area contributed by atoms with Crippen LogP contribution in [0.15, 0.2) is 33.6 Å². The molecule has 1 aromatic heterocycles. The minimum Gasteiger partial charge on any atom is -0.326 e. The summed E-state index contributed by atoms with van der Waals surface area (Å²) in [5, 5.41) is 7.14. The van der Waals surface area contributed by atoms with Crippen LogP contribution in [-0.4, -0.2) is 15.7 Å². The summed E-state index contributed by atoms with van der Waals surface area (Å²) < 4.78 is 2.97. The van der Waals surface area contributed by atoms with Gasteiger partial charge in [-0.3, -0.25) is 9.48 Å². The molecule has 2 aromatic rings. The van der Waals surface area contributed by atoms with E-state index in [2.05, 4.69) is 26.3 Å². The maximum Gasteiger partial charge on any atom is 0.221 e. The van der Waals surface area contributed by atoms with Gasteiger partial charge in [0.2, 0.25) is 5.91 Å². The van der Waals surface area contributed by atoms with Gasteiger partial charge >= 0.3 is 0 Å². The van der Waals surface area contributed by atoms with Crippen LogP contribution in [0.1, 0.15) is 18.3 Å². The molecule has 0 spiro atoms. The van der Waals surface area contributed by atoms with Crippen molar-refractivity contribution in [3.05, 3.63) is 40.1 Å². The van der Waals surface area contributed by atoms with Crippen molar-refractivity contribution in [1.29, 1.82) is 0 Å². The van der Waals surface area contributed by atoms with Gasteiger partial charge in [-0.15, -0.1) is 11.8 Å². The molecule has 0 aliphatic heterocycles. The molecule has 2 rings (SSSR count). The van der Waals surface area contributed by atoms with Crippen molar-refractivity contribution < 1.29 is 4.79 Å². The van der Waals surface area contributed by atoms with Gasteiger partial charge in [0, 0.05) is 30.3 Å². The summed E-state index contributed by atoms with van der Waals surface area (Å²) in [5.41, 5.74) is 2.99. The molecule has 0 aliphatic carbocycles. The van der Waals surface area contributed by atoms with E-state index in [9.17, 15) is 4.79 Å². The Balaban J connectivity index is 2.02. The number of hydrogen-bond acceptors (Lipinski definition) is 3. The van der Waals surface area contributed by atoms with Crippen LogP contribution < -0.4 is 5.32 Å². The number of rotatable bonds is 4. The fraction of sp³-hybridized carbons (Fsp3) is 0.286. The summed E-state index contributed by atoms with van der Waals surface area (Å²) >= 11 is 5.31. The number of thioether (sulfide) groups is 1. The summed E-state index contributed by atoms with van der Waals surface area (Å²) in [4.78, 5) is 12.1. The second kappa shape index (κ2) is 6.45. The van der Waals surface area contributed by atoms with Crippen molar-refractivity contribution in [3.63, 3.8) is 0 Å². The van der Waals surface area contributed by atoms with Gasteiger partial charge in [-0.25, -0.2) is 0 Å². The highest BCUT2D eigenvalue weighted by atomic mass is 79.9. The number of aromatic nitrogens is 2. The SMILES string of the molecule is CC(=O)Nc1ccc(SCc2c(Br)c(C)nn2C)cc1. The summed E-state index contributed by atoms with van der Waals surface area (Å²) in [5.74, 6) is 0.789. The fourth-order valence-corrected chi connectivity index (χ4v) is 3.45. The van der Waals surface area contributed by atoms with Crippen LogP contribution in [0.5, 0.6) is 0 Å². The van der Waals surface area contributed by atoms with Crippen molar-refractivity contribution in [2.75, 3.05) is 5.32 Å². The highest BCUT2D eigenvalue weighted by Gasteiger charge is 2.10. The van der Waals surface area contributed by atoms with Crippen LogP contribution in [0.25, 0.3) is 0 Å². The van der Waals surface area contributed by atoms with E-state index in [0.717, 1.165) is 26.5 Å². The van der Waals surface area contributed by atoms with Crippen molar-refractivity contribution in [1.82, 2.24) is 9.78 Å². The molecular weight excluding hydrogens is 338 g/mol. The van der Waals surface area contributed by atoms with E-state index in [-0.39, 0.29) is 5.91 Å². The molecule has 0 atom stereocenters. The number of anilines is 1. The molecule has 0 saturated carbocycles. The predicted molar refractivity (Wildman–Crippen MR) is 86.0 cm³/mol. The van der Waals surface area contributed by atoms with Crippen molar-refractivity contribution >= 4 is 39.3 Å². The molecule has 0 bridgehead atoms. The fourth-order valence-electron chi connectivity index (χ4n) is 1.83. The Bertz CT molecular complexity index is 622. The zero-order chi connectivity index (χ0) is 14.7. The van der Waals surface area contributed by atoms with E-state index >= 15 is 0 Å². The van der Waals surface area contributed by atoms with E-state index in [1.165, 1.54) is 12.6 Å². The van der Waals surface area contributed by atoms with Gasteiger partial charge in [-0.05, 0) is 47.1 Å². The standard InChI is InChI=1S/C14H16BrN3OS/c1-9-14(15)13(18(3)17-9)8-20-12-6-4-11(5-7-12)16-10(2)19/h4-7H,8H2,1-3H3,(H,16,19). The summed E-state index contributed by atoms with van der Waals surface area (Å²) in [6.07, 6.45) is 0. The van der Waals surface area contributed by atoms with Crippen LogP contribution in [0, 0.1) is 6.92 Å². The Labute approximate surface area is 131 Å². The molecule has 1 aromatic carbocycles. The van der Waals surface area contributed by atoms with Gasteiger partial charge in [-0.1, -0.05) is 0 Å². The molecule has 0 fully saturated rings. The maximum atomic E-state index is 11.0. The third-order valence-corrected chi connectivity index (χ3v) is 4.87. The number of hydrogen-bond donors (Lipinski definition) is 1. The first kappa shape index (κ1) is 15.1. The van der Waals surface area contributed by atoms with Gasteiger partial charge in [0.15, 0.2) is 0 Å². The Morgan fingerprint density at radius 2 is 2.05 bits per heavy atom. The highest BCUT2D eigenvalue weighted by molar-refractivity contribution is 9.10. The molecule has 1 N–H and O–H groups in total. The molecule has 6 heteroatoms. The Morgan fingerprint density at radius 1 is 1.40 bits per heavy atom. The van der Waals surface area contributed by atoms with E-state index < -0.39 is 0 Å². The summed E-state index contributed by atoms with van der Waals surface area (Å²) in [6, 6.07) is 7.83. The third kappa shape index (κ3) is 3.64. The minimum atomic E-state index is -0.0558. The number of carbonyl (C=O) groups is 1. The number of carbonyl (C=O) groups excluding carboxylic acids is 1. The highest BCUT2D eigenvalue weighted by Crippen LogP contribution is 2.29. The Morgan fingerprint density at radius 3 is 2.55 bits per heavy atom. The van der Waals surface area contributed by atoms with Crippen molar-refractivity contribution in [3.8, 4) is 0 Å². The first-order valence-corrected chi connectivity index (χ1v) is 7.93.